The van der Waals surface area contributed by atoms with Gasteiger partial charge in [0.2, 0.25) is 11.8 Å². The number of nitrogens with one attached hydrogen (secondary N) is 2. The maximum atomic E-state index is 13.5. The van der Waals surface area contributed by atoms with Crippen LogP contribution in [0.4, 0.5) is 11.4 Å². The average Bonchev–Trinajstić information content (AvgIpc) is 2.80. The van der Waals surface area contributed by atoms with Gasteiger partial charge >= 0.3 is 0 Å². The van der Waals surface area contributed by atoms with Crippen molar-refractivity contribution in [3.05, 3.63) is 88.5 Å². The Labute approximate surface area is 200 Å². The summed E-state index contributed by atoms with van der Waals surface area (Å²) in [5, 5.41) is 5.75. The molecule has 176 valence electrons. The predicted octanol–water partition coefficient (Wildman–Crippen LogP) is 4.69. The van der Waals surface area contributed by atoms with E-state index in [9.17, 15) is 18.0 Å². The van der Waals surface area contributed by atoms with E-state index in [1.165, 1.54) is 6.07 Å². The van der Waals surface area contributed by atoms with Gasteiger partial charge in [0.05, 0.1) is 16.6 Å². The van der Waals surface area contributed by atoms with Gasteiger partial charge < -0.3 is 10.6 Å². The quantitative estimate of drug-likeness (QED) is 0.540. The molecule has 1 unspecified atom stereocenters. The highest BCUT2D eigenvalue weighted by atomic mass is 32.2. The number of anilines is 2. The lowest BCUT2D eigenvalue weighted by Gasteiger charge is -2.21. The van der Waals surface area contributed by atoms with Crippen molar-refractivity contribution in [2.24, 2.45) is 0 Å². The number of hydrogen-bond acceptors (Lipinski definition) is 4. The Morgan fingerprint density at radius 1 is 0.971 bits per heavy atom. The van der Waals surface area contributed by atoms with E-state index < -0.39 is 15.8 Å². The topological polar surface area (TPSA) is 92.3 Å². The molecule has 2 N–H and O–H groups in total. The number of benzene rings is 3. The maximum Gasteiger partial charge on any atom is 0.232 e. The molecule has 0 aromatic heterocycles. The fourth-order valence-corrected chi connectivity index (χ4v) is 6.04. The van der Waals surface area contributed by atoms with Crippen LogP contribution in [0.1, 0.15) is 40.2 Å². The molecular formula is C27H28N2O4S. The molecule has 3 aromatic rings. The molecule has 1 aliphatic heterocycles. The van der Waals surface area contributed by atoms with Crippen molar-refractivity contribution in [2.75, 3.05) is 16.4 Å². The van der Waals surface area contributed by atoms with Crippen molar-refractivity contribution in [3.8, 4) is 0 Å². The van der Waals surface area contributed by atoms with Crippen molar-refractivity contribution in [1.82, 2.24) is 0 Å². The van der Waals surface area contributed by atoms with Crippen molar-refractivity contribution < 1.29 is 18.0 Å². The molecule has 0 bridgehead atoms. The zero-order chi connectivity index (χ0) is 24.5. The lowest BCUT2D eigenvalue weighted by atomic mass is 9.99. The third-order valence-electron chi connectivity index (χ3n) is 6.16. The van der Waals surface area contributed by atoms with Crippen molar-refractivity contribution in [1.29, 1.82) is 0 Å². The van der Waals surface area contributed by atoms with Crippen LogP contribution in [0.5, 0.6) is 0 Å². The van der Waals surface area contributed by atoms with Crippen LogP contribution in [-0.2, 0) is 25.8 Å². The smallest absolute Gasteiger partial charge is 0.232 e. The van der Waals surface area contributed by atoms with Crippen molar-refractivity contribution in [3.63, 3.8) is 0 Å². The van der Waals surface area contributed by atoms with E-state index in [4.69, 9.17) is 0 Å². The summed E-state index contributed by atoms with van der Waals surface area (Å²) in [4.78, 5) is 25.2. The van der Waals surface area contributed by atoms with Gasteiger partial charge in [0.25, 0.3) is 0 Å². The first-order valence-electron chi connectivity index (χ1n) is 11.2. The van der Waals surface area contributed by atoms with Gasteiger partial charge in [-0.25, -0.2) is 8.42 Å². The number of amides is 2. The van der Waals surface area contributed by atoms with E-state index in [1.807, 2.05) is 39.0 Å². The summed E-state index contributed by atoms with van der Waals surface area (Å²) in [7, 11) is -3.79. The summed E-state index contributed by atoms with van der Waals surface area (Å²) in [5.41, 5.74) is 5.72. The minimum absolute atomic E-state index is 0.0781. The monoisotopic (exact) mass is 476 g/mol. The Bertz CT molecular complexity index is 1340. The van der Waals surface area contributed by atoms with Gasteiger partial charge in [-0.2, -0.15) is 0 Å². The first kappa shape index (κ1) is 23.7. The van der Waals surface area contributed by atoms with Crippen LogP contribution in [0.15, 0.2) is 65.6 Å². The van der Waals surface area contributed by atoms with Gasteiger partial charge in [0.15, 0.2) is 9.84 Å². The van der Waals surface area contributed by atoms with Crippen LogP contribution in [0.3, 0.4) is 0 Å². The molecule has 0 radical (unpaired) electrons. The van der Waals surface area contributed by atoms with Gasteiger partial charge in [-0.05, 0) is 67.6 Å². The summed E-state index contributed by atoms with van der Waals surface area (Å²) in [5.74, 6) is -1.69. The van der Waals surface area contributed by atoms with E-state index in [0.717, 1.165) is 22.3 Å². The molecule has 1 heterocycles. The predicted molar refractivity (Wildman–Crippen MR) is 134 cm³/mol. The molecule has 6 nitrogen and oxygen atoms in total. The third kappa shape index (κ3) is 5.04. The molecule has 0 spiro atoms. The van der Waals surface area contributed by atoms with Gasteiger partial charge in [-0.1, -0.05) is 48.0 Å². The second-order valence-electron chi connectivity index (χ2n) is 8.87. The molecule has 34 heavy (non-hydrogen) atoms. The highest BCUT2D eigenvalue weighted by Crippen LogP contribution is 2.30. The molecule has 2 amide bonds. The summed E-state index contributed by atoms with van der Waals surface area (Å²) < 4.78 is 26.9. The first-order valence-corrected chi connectivity index (χ1v) is 12.9. The van der Waals surface area contributed by atoms with E-state index in [1.54, 1.807) is 36.4 Å². The summed E-state index contributed by atoms with van der Waals surface area (Å²) in [6.45, 7) is 5.85. The van der Waals surface area contributed by atoms with Gasteiger partial charge in [0, 0.05) is 17.8 Å². The molecule has 0 saturated heterocycles. The lowest BCUT2D eigenvalue weighted by Crippen LogP contribution is -2.28. The maximum absolute atomic E-state index is 13.5. The van der Waals surface area contributed by atoms with E-state index in [0.29, 0.717) is 29.8 Å². The highest BCUT2D eigenvalue weighted by molar-refractivity contribution is 7.91. The van der Waals surface area contributed by atoms with Crippen molar-refractivity contribution in [2.45, 2.75) is 44.4 Å². The molecule has 3 aromatic carbocycles. The molecule has 0 saturated carbocycles. The Hall–Kier alpha value is -3.45. The second kappa shape index (κ2) is 9.43. The minimum atomic E-state index is -3.79. The number of rotatable bonds is 6. The molecule has 7 heteroatoms. The summed E-state index contributed by atoms with van der Waals surface area (Å²) >= 11 is 0. The molecule has 0 aliphatic carbocycles. The lowest BCUT2D eigenvalue weighted by molar-refractivity contribution is -0.117. The normalized spacial score (nSPS) is 14.1. The number of fused-ring (bicyclic) bond motifs is 1. The van der Waals surface area contributed by atoms with Crippen LogP contribution in [0.2, 0.25) is 0 Å². The number of hydrogen-bond donors (Lipinski definition) is 2. The number of carbonyl (C=O) groups excluding carboxylic acids is 2. The summed E-state index contributed by atoms with van der Waals surface area (Å²) in [6.07, 6.45) is 0.805. The Morgan fingerprint density at radius 2 is 1.65 bits per heavy atom. The summed E-state index contributed by atoms with van der Waals surface area (Å²) in [6, 6.07) is 17.7. The van der Waals surface area contributed by atoms with E-state index in [-0.39, 0.29) is 22.5 Å². The molecule has 1 atom stereocenters. The third-order valence-corrected chi connectivity index (χ3v) is 7.91. The van der Waals surface area contributed by atoms with Crippen LogP contribution >= 0.6 is 0 Å². The van der Waals surface area contributed by atoms with Crippen molar-refractivity contribution >= 4 is 33.0 Å². The molecule has 4 rings (SSSR count). The van der Waals surface area contributed by atoms with Gasteiger partial charge in [-0.3, -0.25) is 9.59 Å². The first-order chi connectivity index (χ1) is 16.1. The minimum Gasteiger partial charge on any atom is -0.326 e. The zero-order valence-corrected chi connectivity index (χ0v) is 20.3. The fourth-order valence-electron chi connectivity index (χ4n) is 4.47. The second-order valence-corrected chi connectivity index (χ2v) is 10.9. The van der Waals surface area contributed by atoms with Crippen LogP contribution in [0, 0.1) is 20.8 Å². The average molecular weight is 477 g/mol. The zero-order valence-electron chi connectivity index (χ0n) is 19.5. The molecular weight excluding hydrogens is 448 g/mol. The molecule has 0 fully saturated rings. The largest absolute Gasteiger partial charge is 0.326 e. The van der Waals surface area contributed by atoms with Crippen LogP contribution < -0.4 is 10.6 Å². The Kier molecular flexibility index (Phi) is 6.57. The van der Waals surface area contributed by atoms with Crippen LogP contribution in [0.25, 0.3) is 0 Å². The Balaban J connectivity index is 1.66. The number of aryl methyl sites for hydroxylation is 4. The molecule has 1 aliphatic rings. The standard InChI is InChI=1S/C27H28N2O4S/c1-17-13-18(2)26(19(3)14-17)29-27(31)23(20-7-5-4-6-8-20)16-34(32,33)22-10-11-24-21(15-22)9-12-25(30)28-24/h4-8,10-11,13-15,23H,9,12,16H2,1-3H3,(H,28,30)(H,29,31). The number of carbonyl (C=O) groups is 2. The van der Waals surface area contributed by atoms with Gasteiger partial charge in [0.1, 0.15) is 0 Å². The Morgan fingerprint density at radius 3 is 2.32 bits per heavy atom. The van der Waals surface area contributed by atoms with E-state index >= 15 is 0 Å². The highest BCUT2D eigenvalue weighted by Gasteiger charge is 2.30. The van der Waals surface area contributed by atoms with Gasteiger partial charge in [-0.15, -0.1) is 0 Å². The fraction of sp³-hybridized carbons (Fsp3) is 0.259. The van der Waals surface area contributed by atoms with Crippen LogP contribution in [-0.4, -0.2) is 26.0 Å². The van der Waals surface area contributed by atoms with E-state index in [2.05, 4.69) is 10.6 Å². The SMILES string of the molecule is Cc1cc(C)c(NC(=O)C(CS(=O)(=O)c2ccc3c(c2)CCC(=O)N3)c2ccccc2)c(C)c1. The number of sulfone groups is 1.